The minimum atomic E-state index is 0.390. The number of nitrogens with zero attached hydrogens (tertiary/aromatic N) is 2. The Labute approximate surface area is 94.8 Å². The molecule has 1 rings (SSSR count). The van der Waals surface area contributed by atoms with E-state index in [0.717, 1.165) is 5.57 Å². The van der Waals surface area contributed by atoms with Crippen LogP contribution < -0.4 is 16.2 Å². The van der Waals surface area contributed by atoms with Gasteiger partial charge in [-0.3, -0.25) is 4.99 Å². The number of hydrogen-bond acceptors (Lipinski definition) is 5. The van der Waals surface area contributed by atoms with Gasteiger partial charge in [0.25, 0.3) is 0 Å². The lowest BCUT2D eigenvalue weighted by Crippen LogP contribution is -2.03. The Bertz CT molecular complexity index is 434. The topological polar surface area (TPSA) is 86.5 Å². The molecule has 5 heteroatoms. The zero-order valence-corrected chi connectivity index (χ0v) is 9.69. The summed E-state index contributed by atoms with van der Waals surface area (Å²) in [7, 11) is 3.20. The second-order valence-electron chi connectivity index (χ2n) is 3.28. The van der Waals surface area contributed by atoms with Crippen molar-refractivity contribution in [1.29, 1.82) is 0 Å². The van der Waals surface area contributed by atoms with Gasteiger partial charge in [-0.2, -0.15) is 0 Å². The molecule has 0 unspecified atom stereocenters. The molecule has 1 aromatic rings. The Balaban J connectivity index is 3.27. The average Bonchev–Trinajstić information content (AvgIpc) is 2.26. The number of methoxy groups -OCH3 is 1. The predicted molar refractivity (Wildman–Crippen MR) is 66.4 cm³/mol. The first-order valence-corrected chi connectivity index (χ1v) is 4.79. The number of nitrogens with two attached hydrogens (primary N) is 2. The molecule has 1 heterocycles. The highest BCUT2D eigenvalue weighted by atomic mass is 16.5. The second kappa shape index (κ2) is 5.16. The second-order valence-corrected chi connectivity index (χ2v) is 3.28. The lowest BCUT2D eigenvalue weighted by atomic mass is 10.1. The standard InChI is InChI=1S/C11H16N4O/c1-7(12)8(6-14-2)10-5-4-9(13)11(15-10)16-3/h4-6H,12-13H2,1-3H3. The molecule has 4 N–H and O–H groups in total. The zero-order chi connectivity index (χ0) is 12.1. The summed E-state index contributed by atoms with van der Waals surface area (Å²) in [5.41, 5.74) is 14.0. The van der Waals surface area contributed by atoms with E-state index in [-0.39, 0.29) is 0 Å². The van der Waals surface area contributed by atoms with Crippen LogP contribution in [0.15, 0.2) is 22.8 Å². The van der Waals surface area contributed by atoms with E-state index in [2.05, 4.69) is 9.98 Å². The van der Waals surface area contributed by atoms with E-state index < -0.39 is 0 Å². The molecule has 0 saturated heterocycles. The number of hydrogen-bond donors (Lipinski definition) is 2. The van der Waals surface area contributed by atoms with Crippen molar-refractivity contribution in [3.63, 3.8) is 0 Å². The summed E-state index contributed by atoms with van der Waals surface area (Å²) in [6.45, 7) is 1.79. The van der Waals surface area contributed by atoms with E-state index in [4.69, 9.17) is 16.2 Å². The first-order chi connectivity index (χ1) is 7.60. The van der Waals surface area contributed by atoms with Gasteiger partial charge in [-0.05, 0) is 19.1 Å². The molecular formula is C11H16N4O. The third-order valence-electron chi connectivity index (χ3n) is 2.04. The normalized spacial score (nSPS) is 12.7. The van der Waals surface area contributed by atoms with Crippen LogP contribution >= 0.6 is 0 Å². The summed E-state index contributed by atoms with van der Waals surface area (Å²) in [5.74, 6) is 0.390. The number of pyridine rings is 1. The van der Waals surface area contributed by atoms with Crippen LogP contribution in [0.25, 0.3) is 5.57 Å². The fourth-order valence-electron chi connectivity index (χ4n) is 1.26. The number of aromatic nitrogens is 1. The third-order valence-corrected chi connectivity index (χ3v) is 2.04. The van der Waals surface area contributed by atoms with Crippen LogP contribution in [0.5, 0.6) is 5.88 Å². The van der Waals surface area contributed by atoms with E-state index in [1.54, 1.807) is 32.3 Å². The first-order valence-electron chi connectivity index (χ1n) is 4.79. The van der Waals surface area contributed by atoms with Crippen molar-refractivity contribution in [2.24, 2.45) is 10.7 Å². The molecule has 0 bridgehead atoms. The molecule has 0 saturated carbocycles. The van der Waals surface area contributed by atoms with Gasteiger partial charge in [-0.15, -0.1) is 0 Å². The van der Waals surface area contributed by atoms with Crippen LogP contribution in [0.3, 0.4) is 0 Å². The van der Waals surface area contributed by atoms with Gasteiger partial charge in [0.1, 0.15) is 0 Å². The van der Waals surface area contributed by atoms with E-state index in [1.165, 1.54) is 7.11 Å². The third kappa shape index (κ3) is 2.50. The van der Waals surface area contributed by atoms with Crippen LogP contribution in [0.1, 0.15) is 12.6 Å². The molecule has 0 aliphatic carbocycles. The highest BCUT2D eigenvalue weighted by Gasteiger charge is 2.07. The fourth-order valence-corrected chi connectivity index (χ4v) is 1.26. The highest BCUT2D eigenvalue weighted by Crippen LogP contribution is 2.21. The maximum absolute atomic E-state index is 5.76. The van der Waals surface area contributed by atoms with Crippen molar-refractivity contribution in [3.05, 3.63) is 23.5 Å². The number of ether oxygens (including phenoxy) is 1. The summed E-state index contributed by atoms with van der Waals surface area (Å²) < 4.78 is 5.05. The Morgan fingerprint density at radius 1 is 1.50 bits per heavy atom. The Morgan fingerprint density at radius 3 is 2.69 bits per heavy atom. The molecule has 0 spiro atoms. The molecule has 0 amide bonds. The largest absolute Gasteiger partial charge is 0.480 e. The van der Waals surface area contributed by atoms with Crippen LogP contribution in [-0.4, -0.2) is 25.4 Å². The van der Waals surface area contributed by atoms with Gasteiger partial charge < -0.3 is 16.2 Å². The summed E-state index contributed by atoms with van der Waals surface area (Å²) in [5, 5.41) is 0. The molecule has 0 aromatic carbocycles. The fraction of sp³-hybridized carbons (Fsp3) is 0.273. The van der Waals surface area contributed by atoms with Crippen molar-refractivity contribution >= 4 is 17.5 Å². The number of allylic oxidation sites excluding steroid dienone is 2. The van der Waals surface area contributed by atoms with Crippen molar-refractivity contribution in [3.8, 4) is 5.88 Å². The minimum absolute atomic E-state index is 0.390. The van der Waals surface area contributed by atoms with E-state index in [1.807, 2.05) is 0 Å². The maximum atomic E-state index is 5.76. The molecule has 5 nitrogen and oxygen atoms in total. The van der Waals surface area contributed by atoms with E-state index >= 15 is 0 Å². The van der Waals surface area contributed by atoms with Gasteiger partial charge in [-0.25, -0.2) is 4.98 Å². The molecule has 86 valence electrons. The zero-order valence-electron chi connectivity index (χ0n) is 9.69. The van der Waals surface area contributed by atoms with Crippen LogP contribution in [-0.2, 0) is 0 Å². The van der Waals surface area contributed by atoms with Gasteiger partial charge in [-0.1, -0.05) is 0 Å². The molecule has 0 atom stereocenters. The smallest absolute Gasteiger partial charge is 0.237 e. The van der Waals surface area contributed by atoms with Gasteiger partial charge in [0.2, 0.25) is 5.88 Å². The van der Waals surface area contributed by atoms with Crippen molar-refractivity contribution in [2.45, 2.75) is 6.92 Å². The van der Waals surface area contributed by atoms with Gasteiger partial charge >= 0.3 is 0 Å². The Kier molecular flexibility index (Phi) is 3.88. The Morgan fingerprint density at radius 2 is 2.19 bits per heavy atom. The van der Waals surface area contributed by atoms with Gasteiger partial charge in [0.15, 0.2) is 0 Å². The molecule has 1 aromatic heterocycles. The maximum Gasteiger partial charge on any atom is 0.237 e. The summed E-state index contributed by atoms with van der Waals surface area (Å²) in [6, 6.07) is 3.51. The van der Waals surface area contributed by atoms with Crippen molar-refractivity contribution in [2.75, 3.05) is 19.9 Å². The highest BCUT2D eigenvalue weighted by molar-refractivity contribution is 6.10. The summed E-state index contributed by atoms with van der Waals surface area (Å²) >= 11 is 0. The number of rotatable bonds is 3. The SMILES string of the molecule is CN=CC(=C(C)N)c1ccc(N)c(OC)n1. The number of nitrogen functional groups attached to an aromatic ring is 1. The van der Waals surface area contributed by atoms with E-state index in [9.17, 15) is 0 Å². The summed E-state index contributed by atoms with van der Waals surface area (Å²) in [4.78, 5) is 8.19. The van der Waals surface area contributed by atoms with Gasteiger partial charge in [0, 0.05) is 24.5 Å². The molecular weight excluding hydrogens is 204 g/mol. The Hall–Kier alpha value is -2.04. The molecule has 0 radical (unpaired) electrons. The van der Waals surface area contributed by atoms with Crippen molar-refractivity contribution < 1.29 is 4.74 Å². The quantitative estimate of drug-likeness (QED) is 0.746. The molecule has 0 aliphatic rings. The number of aliphatic imine (C=N–C) groups is 1. The van der Waals surface area contributed by atoms with Crippen molar-refractivity contribution in [1.82, 2.24) is 4.98 Å². The minimum Gasteiger partial charge on any atom is -0.480 e. The predicted octanol–water partition coefficient (Wildman–Crippen LogP) is 1.06. The lowest BCUT2D eigenvalue weighted by Gasteiger charge is -2.07. The van der Waals surface area contributed by atoms with Gasteiger partial charge in [0.05, 0.1) is 18.5 Å². The molecule has 0 aliphatic heterocycles. The number of anilines is 1. The average molecular weight is 220 g/mol. The van der Waals surface area contributed by atoms with Crippen LogP contribution in [0, 0.1) is 0 Å². The van der Waals surface area contributed by atoms with E-state index in [0.29, 0.717) is 23.0 Å². The first kappa shape index (κ1) is 12.0. The molecule has 16 heavy (non-hydrogen) atoms. The van der Waals surface area contributed by atoms with Crippen LogP contribution in [0.2, 0.25) is 0 Å². The lowest BCUT2D eigenvalue weighted by molar-refractivity contribution is 0.400. The summed E-state index contributed by atoms with van der Waals surface area (Å²) in [6.07, 6.45) is 1.66. The van der Waals surface area contributed by atoms with Crippen LogP contribution in [0.4, 0.5) is 5.69 Å². The monoisotopic (exact) mass is 220 g/mol. The molecule has 0 fully saturated rings.